The van der Waals surface area contributed by atoms with Crippen LogP contribution in [0.15, 0.2) is 30.3 Å². The molecule has 4 heteroatoms. The second-order valence-corrected chi connectivity index (χ2v) is 5.93. The molecule has 0 radical (unpaired) electrons. The third-order valence-corrected chi connectivity index (χ3v) is 4.51. The minimum atomic E-state index is 0.479. The number of nitriles is 1. The fourth-order valence-electron chi connectivity index (χ4n) is 3.01. The quantitative estimate of drug-likeness (QED) is 0.805. The summed E-state index contributed by atoms with van der Waals surface area (Å²) in [5.41, 5.74) is 1.60. The molecule has 0 saturated carbocycles. The zero-order valence-corrected chi connectivity index (χ0v) is 12.7. The van der Waals surface area contributed by atoms with Crippen molar-refractivity contribution in [3.63, 3.8) is 0 Å². The summed E-state index contributed by atoms with van der Waals surface area (Å²) < 4.78 is 0. The summed E-state index contributed by atoms with van der Waals surface area (Å²) in [5.74, 6) is 0.914. The van der Waals surface area contributed by atoms with Gasteiger partial charge in [-0.3, -0.25) is 4.90 Å². The van der Waals surface area contributed by atoms with Crippen molar-refractivity contribution < 1.29 is 0 Å². The summed E-state index contributed by atoms with van der Waals surface area (Å²) in [7, 11) is 2.17. The Hall–Kier alpha value is -2.12. The zero-order chi connectivity index (χ0) is 15.0. The Kier molecular flexibility index (Phi) is 3.52. The van der Waals surface area contributed by atoms with Crippen molar-refractivity contribution >= 4 is 16.7 Å². The first-order valence-corrected chi connectivity index (χ1v) is 7.37. The highest BCUT2D eigenvalue weighted by Gasteiger charge is 2.27. The molecule has 1 saturated heterocycles. The zero-order valence-electron chi connectivity index (χ0n) is 12.7. The molecular weight excluding hydrogens is 260 g/mol. The Morgan fingerprint density at radius 2 is 1.86 bits per heavy atom. The number of pyridine rings is 1. The normalized spacial score (nSPS) is 23.2. The summed E-state index contributed by atoms with van der Waals surface area (Å²) in [6.45, 7) is 6.35. The molecule has 4 nitrogen and oxygen atoms in total. The summed E-state index contributed by atoms with van der Waals surface area (Å²) >= 11 is 0. The van der Waals surface area contributed by atoms with Crippen molar-refractivity contribution in [3.05, 3.63) is 35.9 Å². The fourth-order valence-corrected chi connectivity index (χ4v) is 3.01. The SMILES string of the molecule is CC1CN(c2cc(C#N)c3ccccc3n2)CC(C)N1C. The molecule has 0 amide bonds. The van der Waals surface area contributed by atoms with E-state index in [0.717, 1.165) is 29.8 Å². The van der Waals surface area contributed by atoms with Gasteiger partial charge < -0.3 is 4.90 Å². The van der Waals surface area contributed by atoms with Gasteiger partial charge in [0.2, 0.25) is 0 Å². The first-order chi connectivity index (χ1) is 10.1. The van der Waals surface area contributed by atoms with Gasteiger partial charge in [-0.05, 0) is 33.0 Å². The van der Waals surface area contributed by atoms with Crippen LogP contribution < -0.4 is 4.90 Å². The standard InChI is InChI=1S/C17H20N4/c1-12-10-21(11-13(2)20(12)3)17-8-14(9-18)15-6-4-5-7-16(15)19-17/h4-8,12-13H,10-11H2,1-3H3. The van der Waals surface area contributed by atoms with Gasteiger partial charge in [-0.15, -0.1) is 0 Å². The van der Waals surface area contributed by atoms with Gasteiger partial charge in [0.15, 0.2) is 0 Å². The van der Waals surface area contributed by atoms with Gasteiger partial charge in [-0.1, -0.05) is 18.2 Å². The monoisotopic (exact) mass is 280 g/mol. The van der Waals surface area contributed by atoms with Crippen molar-refractivity contribution in [1.29, 1.82) is 5.26 Å². The lowest BCUT2D eigenvalue weighted by Crippen LogP contribution is -2.55. The van der Waals surface area contributed by atoms with E-state index >= 15 is 0 Å². The molecule has 2 aromatic rings. The third kappa shape index (κ3) is 2.45. The van der Waals surface area contributed by atoms with Crippen LogP contribution in [0, 0.1) is 11.3 Å². The number of aromatic nitrogens is 1. The van der Waals surface area contributed by atoms with Crippen LogP contribution in [0.2, 0.25) is 0 Å². The van der Waals surface area contributed by atoms with Crippen LogP contribution >= 0.6 is 0 Å². The number of fused-ring (bicyclic) bond motifs is 1. The Morgan fingerprint density at radius 1 is 1.19 bits per heavy atom. The number of nitrogens with zero attached hydrogens (tertiary/aromatic N) is 4. The topological polar surface area (TPSA) is 43.2 Å². The lowest BCUT2D eigenvalue weighted by Gasteiger charge is -2.43. The van der Waals surface area contributed by atoms with Crippen LogP contribution in [0.1, 0.15) is 19.4 Å². The molecule has 0 N–H and O–H groups in total. The van der Waals surface area contributed by atoms with Crippen molar-refractivity contribution in [2.45, 2.75) is 25.9 Å². The van der Waals surface area contributed by atoms with Gasteiger partial charge >= 0.3 is 0 Å². The predicted molar refractivity (Wildman–Crippen MR) is 85.4 cm³/mol. The molecule has 2 atom stereocenters. The Labute approximate surface area is 125 Å². The molecule has 1 aliphatic heterocycles. The Bertz CT molecular complexity index is 691. The minimum Gasteiger partial charge on any atom is -0.353 e. The molecule has 1 aliphatic rings. The molecule has 0 spiro atoms. The second-order valence-electron chi connectivity index (χ2n) is 5.93. The fraction of sp³-hybridized carbons (Fsp3) is 0.412. The molecule has 108 valence electrons. The summed E-state index contributed by atoms with van der Waals surface area (Å²) in [6, 6.07) is 13.0. The minimum absolute atomic E-state index is 0.479. The van der Waals surface area contributed by atoms with Gasteiger partial charge in [-0.25, -0.2) is 4.98 Å². The van der Waals surface area contributed by atoms with Crippen LogP contribution in [0.5, 0.6) is 0 Å². The number of anilines is 1. The molecule has 2 heterocycles. The van der Waals surface area contributed by atoms with E-state index in [1.54, 1.807) is 0 Å². The number of hydrogen-bond acceptors (Lipinski definition) is 4. The summed E-state index contributed by atoms with van der Waals surface area (Å²) in [4.78, 5) is 9.44. The molecular formula is C17H20N4. The molecule has 3 rings (SSSR count). The van der Waals surface area contributed by atoms with Crippen LogP contribution in [0.25, 0.3) is 10.9 Å². The van der Waals surface area contributed by atoms with Crippen molar-refractivity contribution in [3.8, 4) is 6.07 Å². The lowest BCUT2D eigenvalue weighted by atomic mass is 10.1. The maximum atomic E-state index is 9.40. The lowest BCUT2D eigenvalue weighted by molar-refractivity contribution is 0.169. The predicted octanol–water partition coefficient (Wildman–Crippen LogP) is 2.64. The smallest absolute Gasteiger partial charge is 0.130 e. The highest BCUT2D eigenvalue weighted by molar-refractivity contribution is 5.86. The number of benzene rings is 1. The number of piperazine rings is 1. The van der Waals surface area contributed by atoms with Gasteiger partial charge in [0.05, 0.1) is 17.1 Å². The van der Waals surface area contributed by atoms with Crippen LogP contribution in [-0.2, 0) is 0 Å². The maximum Gasteiger partial charge on any atom is 0.130 e. The molecule has 0 bridgehead atoms. The molecule has 1 aromatic heterocycles. The van der Waals surface area contributed by atoms with E-state index in [4.69, 9.17) is 4.98 Å². The Balaban J connectivity index is 2.03. The van der Waals surface area contributed by atoms with E-state index in [9.17, 15) is 5.26 Å². The molecule has 0 aliphatic carbocycles. The van der Waals surface area contributed by atoms with Gasteiger partial charge in [-0.2, -0.15) is 5.26 Å². The van der Waals surface area contributed by atoms with E-state index in [-0.39, 0.29) is 0 Å². The number of para-hydroxylation sites is 1. The van der Waals surface area contributed by atoms with Gasteiger partial charge in [0, 0.05) is 30.6 Å². The van der Waals surface area contributed by atoms with E-state index in [0.29, 0.717) is 17.6 Å². The van der Waals surface area contributed by atoms with Crippen LogP contribution in [0.4, 0.5) is 5.82 Å². The van der Waals surface area contributed by atoms with Crippen LogP contribution in [-0.4, -0.2) is 42.1 Å². The molecule has 21 heavy (non-hydrogen) atoms. The maximum absolute atomic E-state index is 9.40. The first-order valence-electron chi connectivity index (χ1n) is 7.37. The van der Waals surface area contributed by atoms with Crippen molar-refractivity contribution in [1.82, 2.24) is 9.88 Å². The molecule has 1 fully saturated rings. The third-order valence-electron chi connectivity index (χ3n) is 4.51. The number of rotatable bonds is 1. The van der Waals surface area contributed by atoms with Crippen LogP contribution in [0.3, 0.4) is 0 Å². The summed E-state index contributed by atoms with van der Waals surface area (Å²) in [5, 5.41) is 10.3. The number of hydrogen-bond donors (Lipinski definition) is 0. The average Bonchev–Trinajstić information content (AvgIpc) is 2.51. The highest BCUT2D eigenvalue weighted by Crippen LogP contribution is 2.25. The van der Waals surface area contributed by atoms with Gasteiger partial charge in [0.1, 0.15) is 5.82 Å². The van der Waals surface area contributed by atoms with E-state index < -0.39 is 0 Å². The van der Waals surface area contributed by atoms with E-state index in [1.807, 2.05) is 30.3 Å². The highest BCUT2D eigenvalue weighted by atomic mass is 15.3. The van der Waals surface area contributed by atoms with E-state index in [1.165, 1.54) is 0 Å². The molecule has 1 aromatic carbocycles. The number of likely N-dealkylation sites (N-methyl/N-ethyl adjacent to an activating group) is 1. The van der Waals surface area contributed by atoms with Crippen molar-refractivity contribution in [2.24, 2.45) is 0 Å². The first kappa shape index (κ1) is 13.8. The second kappa shape index (κ2) is 5.34. The van der Waals surface area contributed by atoms with Crippen molar-refractivity contribution in [2.75, 3.05) is 25.0 Å². The van der Waals surface area contributed by atoms with E-state index in [2.05, 4.69) is 36.8 Å². The Morgan fingerprint density at radius 3 is 2.52 bits per heavy atom. The average molecular weight is 280 g/mol. The largest absolute Gasteiger partial charge is 0.353 e. The molecule has 2 unspecified atom stereocenters. The van der Waals surface area contributed by atoms with Gasteiger partial charge in [0.25, 0.3) is 0 Å². The summed E-state index contributed by atoms with van der Waals surface area (Å²) in [6.07, 6.45) is 0.